The lowest BCUT2D eigenvalue weighted by Gasteiger charge is -2.13. The second kappa shape index (κ2) is 7.62. The molecule has 0 saturated carbocycles. The van der Waals surface area contributed by atoms with Gasteiger partial charge in [0.15, 0.2) is 0 Å². The zero-order valence-electron chi connectivity index (χ0n) is 13.6. The van der Waals surface area contributed by atoms with Crippen molar-refractivity contribution in [1.82, 2.24) is 15.1 Å². The number of aliphatic hydroxyl groups is 1. The average Bonchev–Trinajstić information content (AvgIpc) is 2.85. The fraction of sp³-hybridized carbons (Fsp3) is 0.412. The zero-order valence-corrected chi connectivity index (χ0v) is 14.3. The normalized spacial score (nSPS) is 12.4. The minimum atomic E-state index is -0.848. The van der Waals surface area contributed by atoms with E-state index in [1.54, 1.807) is 30.5 Å². The number of rotatable bonds is 6. The van der Waals surface area contributed by atoms with Crippen LogP contribution in [0.2, 0.25) is 5.02 Å². The number of halogens is 1. The molecule has 5 nitrogen and oxygen atoms in total. The molecule has 2 N–H and O–H groups in total. The van der Waals surface area contributed by atoms with Crippen molar-refractivity contribution in [3.63, 3.8) is 0 Å². The highest BCUT2D eigenvalue weighted by Gasteiger charge is 2.17. The second-order valence-corrected chi connectivity index (χ2v) is 6.37. The van der Waals surface area contributed by atoms with Crippen molar-refractivity contribution in [3.8, 4) is 0 Å². The number of aliphatic hydroxyl groups excluding tert-OH is 1. The molecule has 0 aliphatic rings. The molecule has 1 unspecified atom stereocenters. The third kappa shape index (κ3) is 4.33. The highest BCUT2D eigenvalue weighted by Crippen LogP contribution is 2.22. The summed E-state index contributed by atoms with van der Waals surface area (Å²) in [6.07, 6.45) is 0.716. The van der Waals surface area contributed by atoms with Crippen molar-refractivity contribution >= 4 is 17.5 Å². The summed E-state index contributed by atoms with van der Waals surface area (Å²) in [5.74, 6) is 0.204. The summed E-state index contributed by atoms with van der Waals surface area (Å²) in [6.45, 7) is 6.93. The topological polar surface area (TPSA) is 67.2 Å². The largest absolute Gasteiger partial charge is 0.387 e. The summed E-state index contributed by atoms with van der Waals surface area (Å²) in [7, 11) is 0. The predicted molar refractivity (Wildman–Crippen MR) is 90.5 cm³/mol. The van der Waals surface area contributed by atoms with E-state index in [0.717, 1.165) is 12.2 Å². The summed E-state index contributed by atoms with van der Waals surface area (Å²) in [4.78, 5) is 12.3. The third-order valence-corrected chi connectivity index (χ3v) is 3.95. The smallest absolute Gasteiger partial charge is 0.254 e. The van der Waals surface area contributed by atoms with Gasteiger partial charge in [-0.15, -0.1) is 0 Å². The zero-order chi connectivity index (χ0) is 17.0. The first-order valence-corrected chi connectivity index (χ1v) is 8.01. The van der Waals surface area contributed by atoms with E-state index in [0.29, 0.717) is 22.1 Å². The van der Waals surface area contributed by atoms with E-state index in [-0.39, 0.29) is 12.5 Å². The number of amides is 1. The third-order valence-electron chi connectivity index (χ3n) is 3.61. The van der Waals surface area contributed by atoms with E-state index < -0.39 is 6.10 Å². The van der Waals surface area contributed by atoms with Gasteiger partial charge < -0.3 is 10.4 Å². The molecule has 1 aromatic carbocycles. The van der Waals surface area contributed by atoms with E-state index in [2.05, 4.69) is 24.3 Å². The van der Waals surface area contributed by atoms with Gasteiger partial charge in [-0.1, -0.05) is 43.6 Å². The lowest BCUT2D eigenvalue weighted by molar-refractivity contribution is 0.0915. The Kier molecular flexibility index (Phi) is 5.80. The number of benzene rings is 1. The minimum absolute atomic E-state index is 0.0946. The molecule has 0 aliphatic heterocycles. The standard InChI is InChI=1S/C17H22ClN3O2/c1-11(2)10-21-12(3)14(8-20-21)17(23)19-9-16(22)13-6-4-5-7-15(13)18/h4-8,11,16,22H,9-10H2,1-3H3,(H,19,23). The molecule has 2 rings (SSSR count). The maximum atomic E-state index is 12.3. The molecule has 1 amide bonds. The Morgan fingerprint density at radius 1 is 1.39 bits per heavy atom. The van der Waals surface area contributed by atoms with Gasteiger partial charge in [-0.25, -0.2) is 0 Å². The van der Waals surface area contributed by atoms with Crippen LogP contribution in [0.25, 0.3) is 0 Å². The van der Waals surface area contributed by atoms with Crippen molar-refractivity contribution < 1.29 is 9.90 Å². The van der Waals surface area contributed by atoms with Gasteiger partial charge >= 0.3 is 0 Å². The van der Waals surface area contributed by atoms with Gasteiger partial charge in [0.25, 0.3) is 5.91 Å². The van der Waals surface area contributed by atoms with Gasteiger partial charge in [-0.05, 0) is 18.9 Å². The van der Waals surface area contributed by atoms with Gasteiger partial charge in [0.1, 0.15) is 0 Å². The van der Waals surface area contributed by atoms with Crippen LogP contribution in [0, 0.1) is 12.8 Å². The van der Waals surface area contributed by atoms with Crippen LogP contribution in [-0.4, -0.2) is 27.3 Å². The Hall–Kier alpha value is -1.85. The number of nitrogens with one attached hydrogen (secondary N) is 1. The predicted octanol–water partition coefficient (Wildman–Crippen LogP) is 2.96. The van der Waals surface area contributed by atoms with Crippen molar-refractivity contribution in [2.24, 2.45) is 5.92 Å². The molecule has 1 atom stereocenters. The molecule has 2 aromatic rings. The van der Waals surface area contributed by atoms with Gasteiger partial charge in [0, 0.05) is 29.4 Å². The van der Waals surface area contributed by atoms with Crippen molar-refractivity contribution in [3.05, 3.63) is 52.3 Å². The fourth-order valence-corrected chi connectivity index (χ4v) is 2.60. The van der Waals surface area contributed by atoms with Crippen molar-refractivity contribution in [1.29, 1.82) is 0 Å². The quantitative estimate of drug-likeness (QED) is 0.852. The van der Waals surface area contributed by atoms with Crippen LogP contribution in [0.4, 0.5) is 0 Å². The molecule has 0 spiro atoms. The molecule has 124 valence electrons. The monoisotopic (exact) mass is 335 g/mol. The molecule has 1 aromatic heterocycles. The number of hydrogen-bond donors (Lipinski definition) is 2. The van der Waals surface area contributed by atoms with Crippen LogP contribution >= 0.6 is 11.6 Å². The second-order valence-electron chi connectivity index (χ2n) is 5.97. The van der Waals surface area contributed by atoms with Crippen LogP contribution in [0.5, 0.6) is 0 Å². The molecule has 0 aliphatic carbocycles. The number of nitrogens with zero attached hydrogens (tertiary/aromatic N) is 2. The van der Waals surface area contributed by atoms with Crippen LogP contribution in [0.15, 0.2) is 30.5 Å². The van der Waals surface area contributed by atoms with Crippen LogP contribution in [0.3, 0.4) is 0 Å². The first-order valence-electron chi connectivity index (χ1n) is 7.63. The molecule has 0 saturated heterocycles. The molecule has 6 heteroatoms. The lowest BCUT2D eigenvalue weighted by Crippen LogP contribution is -2.28. The Balaban J connectivity index is 2.00. The van der Waals surface area contributed by atoms with E-state index >= 15 is 0 Å². The first-order chi connectivity index (χ1) is 10.9. The van der Waals surface area contributed by atoms with Gasteiger partial charge in [0.05, 0.1) is 17.9 Å². The van der Waals surface area contributed by atoms with Crippen LogP contribution in [0.1, 0.15) is 41.6 Å². The maximum absolute atomic E-state index is 12.3. The highest BCUT2D eigenvalue weighted by atomic mass is 35.5. The maximum Gasteiger partial charge on any atom is 0.254 e. The molecular weight excluding hydrogens is 314 g/mol. The molecule has 0 fully saturated rings. The lowest BCUT2D eigenvalue weighted by atomic mass is 10.1. The summed E-state index contributed by atoms with van der Waals surface area (Å²) in [5.41, 5.74) is 1.95. The van der Waals surface area contributed by atoms with E-state index in [1.165, 1.54) is 0 Å². The number of hydrogen-bond acceptors (Lipinski definition) is 3. The molecule has 23 heavy (non-hydrogen) atoms. The molecule has 0 bridgehead atoms. The SMILES string of the molecule is Cc1c(C(=O)NCC(O)c2ccccc2Cl)cnn1CC(C)C. The Morgan fingerprint density at radius 3 is 2.74 bits per heavy atom. The molecule has 1 heterocycles. The van der Waals surface area contributed by atoms with Crippen LogP contribution in [-0.2, 0) is 6.54 Å². The summed E-state index contributed by atoms with van der Waals surface area (Å²) in [6, 6.07) is 7.04. The number of carbonyl (C=O) groups excluding carboxylic acids is 1. The van der Waals surface area contributed by atoms with Gasteiger partial charge in [-0.3, -0.25) is 9.48 Å². The summed E-state index contributed by atoms with van der Waals surface area (Å²) >= 11 is 6.04. The van der Waals surface area contributed by atoms with Crippen molar-refractivity contribution in [2.45, 2.75) is 33.4 Å². The minimum Gasteiger partial charge on any atom is -0.387 e. The van der Waals surface area contributed by atoms with Crippen LogP contribution < -0.4 is 5.32 Å². The van der Waals surface area contributed by atoms with E-state index in [4.69, 9.17) is 11.6 Å². The highest BCUT2D eigenvalue weighted by molar-refractivity contribution is 6.31. The van der Waals surface area contributed by atoms with Gasteiger partial charge in [-0.2, -0.15) is 5.10 Å². The Labute approximate surface area is 141 Å². The van der Waals surface area contributed by atoms with E-state index in [1.807, 2.05) is 11.6 Å². The fourth-order valence-electron chi connectivity index (χ4n) is 2.34. The Bertz CT molecular complexity index is 682. The summed E-state index contributed by atoms with van der Waals surface area (Å²) in [5, 5.41) is 17.6. The van der Waals surface area contributed by atoms with Gasteiger partial charge in [0.2, 0.25) is 0 Å². The van der Waals surface area contributed by atoms with Crippen molar-refractivity contribution in [2.75, 3.05) is 6.54 Å². The van der Waals surface area contributed by atoms with E-state index in [9.17, 15) is 9.90 Å². The summed E-state index contributed by atoms with van der Waals surface area (Å²) < 4.78 is 1.82. The number of aromatic nitrogens is 2. The first kappa shape index (κ1) is 17.5. The number of carbonyl (C=O) groups is 1. The average molecular weight is 336 g/mol. The Morgan fingerprint density at radius 2 is 2.09 bits per heavy atom. The molecular formula is C17H22ClN3O2. The molecule has 0 radical (unpaired) electrons.